The van der Waals surface area contributed by atoms with E-state index in [-0.39, 0.29) is 31.1 Å². The highest BCUT2D eigenvalue weighted by Gasteiger charge is 2.28. The van der Waals surface area contributed by atoms with Crippen molar-refractivity contribution in [2.75, 3.05) is 44.9 Å². The summed E-state index contributed by atoms with van der Waals surface area (Å²) in [5, 5.41) is 5.84. The van der Waals surface area contributed by atoms with Gasteiger partial charge in [0.15, 0.2) is 6.61 Å². The van der Waals surface area contributed by atoms with E-state index in [0.29, 0.717) is 24.6 Å². The molecule has 160 valence electrons. The van der Waals surface area contributed by atoms with Gasteiger partial charge in [0.25, 0.3) is 5.91 Å². The van der Waals surface area contributed by atoms with Gasteiger partial charge in [0, 0.05) is 37.6 Å². The van der Waals surface area contributed by atoms with Gasteiger partial charge in [-0.1, -0.05) is 0 Å². The molecule has 1 aromatic heterocycles. The Bertz CT molecular complexity index is 910. The van der Waals surface area contributed by atoms with Gasteiger partial charge < -0.3 is 19.5 Å². The standard InChI is InChI=1S/C21H25N3O5S/c1-27-8-6-20-23-16(13-30-20)14-4-5-18-17(9-14)24(21(26)12-29-18)11-19(25)22-10-15-3-2-7-28-15/h4-5,9,13,15H,2-3,6-8,10-12H2,1H3,(H,22,25). The number of nitrogens with one attached hydrogen (secondary N) is 1. The van der Waals surface area contributed by atoms with Crippen molar-refractivity contribution in [1.29, 1.82) is 0 Å². The maximum Gasteiger partial charge on any atom is 0.265 e. The number of carbonyl (C=O) groups is 2. The maximum atomic E-state index is 12.5. The fraction of sp³-hybridized carbons (Fsp3) is 0.476. The van der Waals surface area contributed by atoms with Crippen LogP contribution in [0.1, 0.15) is 17.8 Å². The summed E-state index contributed by atoms with van der Waals surface area (Å²) in [7, 11) is 1.67. The second kappa shape index (κ2) is 9.55. The van der Waals surface area contributed by atoms with Crippen LogP contribution in [0.5, 0.6) is 5.75 Å². The fourth-order valence-electron chi connectivity index (χ4n) is 3.51. The Morgan fingerprint density at radius 1 is 1.43 bits per heavy atom. The van der Waals surface area contributed by atoms with E-state index < -0.39 is 0 Å². The van der Waals surface area contributed by atoms with Gasteiger partial charge in [0.05, 0.1) is 29.1 Å². The minimum Gasteiger partial charge on any atom is -0.482 e. The summed E-state index contributed by atoms with van der Waals surface area (Å²) in [4.78, 5) is 31.1. The van der Waals surface area contributed by atoms with Crippen molar-refractivity contribution >= 4 is 28.8 Å². The van der Waals surface area contributed by atoms with Crippen molar-refractivity contribution in [1.82, 2.24) is 10.3 Å². The summed E-state index contributed by atoms with van der Waals surface area (Å²) in [5.74, 6) is 0.124. The molecule has 0 bridgehead atoms. The Kier molecular flexibility index (Phi) is 6.61. The van der Waals surface area contributed by atoms with Crippen molar-refractivity contribution in [3.05, 3.63) is 28.6 Å². The number of fused-ring (bicyclic) bond motifs is 1. The molecule has 2 aliphatic rings. The number of nitrogens with zero attached hydrogens (tertiary/aromatic N) is 2. The lowest BCUT2D eigenvalue weighted by Crippen LogP contribution is -2.46. The number of carbonyl (C=O) groups excluding carboxylic acids is 2. The molecule has 1 fully saturated rings. The van der Waals surface area contributed by atoms with E-state index in [1.165, 1.54) is 4.90 Å². The molecule has 0 spiro atoms. The summed E-state index contributed by atoms with van der Waals surface area (Å²) in [6.45, 7) is 1.69. The zero-order valence-corrected chi connectivity index (χ0v) is 17.7. The second-order valence-corrected chi connectivity index (χ2v) is 8.20. The van der Waals surface area contributed by atoms with Crippen LogP contribution in [0, 0.1) is 0 Å². The Morgan fingerprint density at radius 2 is 2.33 bits per heavy atom. The molecule has 1 N–H and O–H groups in total. The molecule has 2 aromatic rings. The smallest absolute Gasteiger partial charge is 0.265 e. The van der Waals surface area contributed by atoms with Crippen LogP contribution in [-0.4, -0.2) is 62.9 Å². The lowest BCUT2D eigenvalue weighted by molar-refractivity contribution is -0.125. The molecular weight excluding hydrogens is 406 g/mol. The van der Waals surface area contributed by atoms with E-state index in [0.717, 1.165) is 42.1 Å². The largest absolute Gasteiger partial charge is 0.482 e. The number of methoxy groups -OCH3 is 1. The van der Waals surface area contributed by atoms with E-state index in [4.69, 9.17) is 14.2 Å². The topological polar surface area (TPSA) is 90.0 Å². The number of benzene rings is 1. The monoisotopic (exact) mass is 431 g/mol. The Labute approximate surface area is 179 Å². The Morgan fingerprint density at radius 3 is 3.13 bits per heavy atom. The first kappa shape index (κ1) is 20.8. The van der Waals surface area contributed by atoms with Crippen molar-refractivity contribution in [2.24, 2.45) is 0 Å². The van der Waals surface area contributed by atoms with Crippen LogP contribution in [-0.2, 0) is 25.5 Å². The molecule has 1 atom stereocenters. The Balaban J connectivity index is 1.48. The molecule has 0 aliphatic carbocycles. The zero-order valence-electron chi connectivity index (χ0n) is 16.9. The van der Waals surface area contributed by atoms with Crippen LogP contribution in [0.25, 0.3) is 11.3 Å². The highest BCUT2D eigenvalue weighted by atomic mass is 32.1. The summed E-state index contributed by atoms with van der Waals surface area (Å²) in [6, 6.07) is 5.59. The van der Waals surface area contributed by atoms with E-state index in [9.17, 15) is 9.59 Å². The number of hydrogen-bond acceptors (Lipinski definition) is 7. The van der Waals surface area contributed by atoms with Gasteiger partial charge in [0.1, 0.15) is 12.3 Å². The molecule has 30 heavy (non-hydrogen) atoms. The molecule has 9 heteroatoms. The first-order valence-corrected chi connectivity index (χ1v) is 10.9. The van der Waals surface area contributed by atoms with Crippen molar-refractivity contribution < 1.29 is 23.8 Å². The van der Waals surface area contributed by atoms with Crippen LogP contribution < -0.4 is 15.0 Å². The van der Waals surface area contributed by atoms with Crippen LogP contribution in [0.2, 0.25) is 0 Å². The van der Waals surface area contributed by atoms with Gasteiger partial charge >= 0.3 is 0 Å². The lowest BCUT2D eigenvalue weighted by atomic mass is 10.1. The summed E-state index contributed by atoms with van der Waals surface area (Å²) >= 11 is 1.57. The quantitative estimate of drug-likeness (QED) is 0.688. The Hall–Kier alpha value is -2.49. The summed E-state index contributed by atoms with van der Waals surface area (Å²) < 4.78 is 16.2. The van der Waals surface area contributed by atoms with Crippen LogP contribution in [0.4, 0.5) is 5.69 Å². The molecule has 0 radical (unpaired) electrons. The highest BCUT2D eigenvalue weighted by Crippen LogP contribution is 2.36. The molecule has 1 unspecified atom stereocenters. The van der Waals surface area contributed by atoms with Crippen LogP contribution >= 0.6 is 11.3 Å². The number of amides is 2. The minimum atomic E-state index is -0.244. The van der Waals surface area contributed by atoms with E-state index >= 15 is 0 Å². The highest BCUT2D eigenvalue weighted by molar-refractivity contribution is 7.09. The van der Waals surface area contributed by atoms with Crippen molar-refractivity contribution in [2.45, 2.75) is 25.4 Å². The zero-order chi connectivity index (χ0) is 20.9. The number of anilines is 1. The molecule has 8 nitrogen and oxygen atoms in total. The average Bonchev–Trinajstić information content (AvgIpc) is 3.44. The SMILES string of the molecule is COCCc1nc(-c2ccc3c(c2)N(CC(=O)NCC2CCCO2)C(=O)CO3)cs1. The molecule has 0 saturated carbocycles. The third kappa shape index (κ3) is 4.80. The summed E-state index contributed by atoms with van der Waals surface area (Å²) in [6.07, 6.45) is 2.78. The number of aromatic nitrogens is 1. The fourth-order valence-corrected chi connectivity index (χ4v) is 4.30. The summed E-state index contributed by atoms with van der Waals surface area (Å²) in [5.41, 5.74) is 2.29. The second-order valence-electron chi connectivity index (χ2n) is 7.26. The molecule has 2 aliphatic heterocycles. The number of hydrogen-bond donors (Lipinski definition) is 1. The predicted octanol–water partition coefficient (Wildman–Crippen LogP) is 2.02. The first-order valence-electron chi connectivity index (χ1n) is 10.0. The first-order chi connectivity index (χ1) is 14.6. The predicted molar refractivity (Wildman–Crippen MR) is 113 cm³/mol. The molecule has 2 amide bonds. The third-order valence-corrected chi connectivity index (χ3v) is 6.03. The number of rotatable bonds is 8. The lowest BCUT2D eigenvalue weighted by Gasteiger charge is -2.29. The molecule has 1 aromatic carbocycles. The van der Waals surface area contributed by atoms with Crippen molar-refractivity contribution in [3.63, 3.8) is 0 Å². The number of ether oxygens (including phenoxy) is 3. The van der Waals surface area contributed by atoms with Gasteiger partial charge in [-0.2, -0.15) is 0 Å². The number of thiazole rings is 1. The van der Waals surface area contributed by atoms with E-state index in [2.05, 4.69) is 10.3 Å². The molecule has 1 saturated heterocycles. The van der Waals surface area contributed by atoms with Gasteiger partial charge in [-0.05, 0) is 31.0 Å². The molecular formula is C21H25N3O5S. The molecule has 3 heterocycles. The van der Waals surface area contributed by atoms with Crippen LogP contribution in [0.3, 0.4) is 0 Å². The minimum absolute atomic E-state index is 0.0540. The van der Waals surface area contributed by atoms with E-state index in [1.807, 2.05) is 23.6 Å². The van der Waals surface area contributed by atoms with Gasteiger partial charge in [-0.15, -0.1) is 11.3 Å². The molecule has 4 rings (SSSR count). The van der Waals surface area contributed by atoms with Crippen LogP contribution in [0.15, 0.2) is 23.6 Å². The average molecular weight is 432 g/mol. The van der Waals surface area contributed by atoms with Gasteiger partial charge in [-0.25, -0.2) is 4.98 Å². The van der Waals surface area contributed by atoms with Crippen molar-refractivity contribution in [3.8, 4) is 17.0 Å². The maximum absolute atomic E-state index is 12.5. The van der Waals surface area contributed by atoms with Gasteiger partial charge in [0.2, 0.25) is 5.91 Å². The van der Waals surface area contributed by atoms with Gasteiger partial charge in [-0.3, -0.25) is 14.5 Å². The normalized spacial score (nSPS) is 18.2. The third-order valence-electron chi connectivity index (χ3n) is 5.12. The van der Waals surface area contributed by atoms with E-state index in [1.54, 1.807) is 18.4 Å².